The third-order valence-corrected chi connectivity index (χ3v) is 8.45. The molecule has 1 unspecified atom stereocenters. The van der Waals surface area contributed by atoms with Gasteiger partial charge in [0.05, 0.1) is 34.4 Å². The lowest BCUT2D eigenvalue weighted by Crippen LogP contribution is -2.37. The van der Waals surface area contributed by atoms with Gasteiger partial charge in [0.15, 0.2) is 0 Å². The van der Waals surface area contributed by atoms with Crippen molar-refractivity contribution in [3.05, 3.63) is 0 Å². The molecule has 242 valence electrons. The first-order chi connectivity index (χ1) is 19.2. The minimum absolute atomic E-state index is 0.0639. The minimum atomic E-state index is -4.38. The molecule has 0 aromatic heterocycles. The van der Waals surface area contributed by atoms with Crippen LogP contribution in [-0.2, 0) is 18.3 Å². The number of nitrogens with zero attached hydrogens (tertiary/aromatic N) is 1. The smallest absolute Gasteiger partial charge is 0.268 e. The van der Waals surface area contributed by atoms with Gasteiger partial charge in [0, 0.05) is 6.61 Å². The fourth-order valence-electron chi connectivity index (χ4n) is 4.75. The number of hydrogen-bond acceptors (Lipinski definition) is 6. The van der Waals surface area contributed by atoms with Crippen LogP contribution >= 0.6 is 7.82 Å². The van der Waals surface area contributed by atoms with Crippen LogP contribution in [0.5, 0.6) is 0 Å². The quantitative estimate of drug-likeness (QED) is 0.0481. The first kappa shape index (κ1) is 40.0. The molecule has 1 N–H and O–H groups in total. The third-order valence-electron chi connectivity index (χ3n) is 7.49. The van der Waals surface area contributed by atoms with Gasteiger partial charge in [-0.15, -0.1) is 0 Å². The van der Waals surface area contributed by atoms with Gasteiger partial charge in [0.2, 0.25) is 0 Å². The zero-order valence-corrected chi connectivity index (χ0v) is 27.9. The maximum Gasteiger partial charge on any atom is 0.268 e. The molecule has 7 nitrogen and oxygen atoms in total. The molecule has 2 atom stereocenters. The van der Waals surface area contributed by atoms with Crippen LogP contribution < -0.4 is 4.89 Å². The largest absolute Gasteiger partial charge is 0.756 e. The van der Waals surface area contributed by atoms with Crippen molar-refractivity contribution in [3.8, 4) is 0 Å². The summed E-state index contributed by atoms with van der Waals surface area (Å²) in [4.78, 5) is 11.9. The zero-order chi connectivity index (χ0) is 29.8. The van der Waals surface area contributed by atoms with Crippen molar-refractivity contribution in [2.75, 3.05) is 54.1 Å². The Balaban J connectivity index is 3.39. The Morgan fingerprint density at radius 1 is 0.625 bits per heavy atom. The van der Waals surface area contributed by atoms with Crippen LogP contribution in [-0.4, -0.2) is 69.8 Å². The lowest BCUT2D eigenvalue weighted by Gasteiger charge is -2.28. The monoisotopic (exact) mass is 593 g/mol. The second-order valence-electron chi connectivity index (χ2n) is 12.7. The molecule has 40 heavy (non-hydrogen) atoms. The van der Waals surface area contributed by atoms with Gasteiger partial charge in [0.1, 0.15) is 19.3 Å². The van der Waals surface area contributed by atoms with Gasteiger partial charge < -0.3 is 28.3 Å². The Kier molecular flexibility index (Phi) is 27.8. The predicted octanol–water partition coefficient (Wildman–Crippen LogP) is 8.17. The molecule has 0 saturated heterocycles. The maximum atomic E-state index is 11.9. The van der Waals surface area contributed by atoms with E-state index in [1.165, 1.54) is 128 Å². The van der Waals surface area contributed by atoms with Crippen LogP contribution in [0.4, 0.5) is 0 Å². The van der Waals surface area contributed by atoms with Crippen molar-refractivity contribution in [2.45, 2.75) is 154 Å². The highest BCUT2D eigenvalue weighted by Gasteiger charge is 2.16. The van der Waals surface area contributed by atoms with Crippen LogP contribution in [0.3, 0.4) is 0 Å². The third kappa shape index (κ3) is 30.9. The second kappa shape index (κ2) is 27.8. The number of unbranched alkanes of at least 4 members (excludes halogenated alkanes) is 21. The highest BCUT2D eigenvalue weighted by atomic mass is 31.2. The number of phosphoric acid groups is 1. The van der Waals surface area contributed by atoms with E-state index in [0.717, 1.165) is 12.8 Å². The van der Waals surface area contributed by atoms with Gasteiger partial charge >= 0.3 is 0 Å². The Labute approximate surface area is 249 Å². The standard InChI is InChI=1S/C32H68NO6P/c1-5-6-7-8-9-10-11-12-13-14-15-16-17-18-19-20-21-22-23-24-25-26-28-37-32(30-34)31-39-40(35,36)38-29-27-33(2,3)4/h32,34H,5-31H2,1-4H3/t32-/m1/s1. The molecule has 0 amide bonds. The average molecular weight is 594 g/mol. The van der Waals surface area contributed by atoms with E-state index in [1.807, 2.05) is 21.1 Å². The van der Waals surface area contributed by atoms with Crippen molar-refractivity contribution in [2.24, 2.45) is 0 Å². The molecule has 0 fully saturated rings. The number of phosphoric ester groups is 1. The van der Waals surface area contributed by atoms with E-state index in [4.69, 9.17) is 13.8 Å². The molecule has 0 rings (SSSR count). The first-order valence-corrected chi connectivity index (χ1v) is 18.3. The summed E-state index contributed by atoms with van der Waals surface area (Å²) in [6.45, 7) is 2.90. The summed E-state index contributed by atoms with van der Waals surface area (Å²) >= 11 is 0. The Morgan fingerprint density at radius 3 is 1.35 bits per heavy atom. The van der Waals surface area contributed by atoms with Crippen LogP contribution in [0.25, 0.3) is 0 Å². The van der Waals surface area contributed by atoms with Crippen LogP contribution in [0.15, 0.2) is 0 Å². The summed E-state index contributed by atoms with van der Waals surface area (Å²) in [6, 6.07) is 0. The van der Waals surface area contributed by atoms with E-state index < -0.39 is 13.9 Å². The fourth-order valence-corrected chi connectivity index (χ4v) is 5.48. The summed E-state index contributed by atoms with van der Waals surface area (Å²) in [6.07, 6.45) is 29.1. The van der Waals surface area contributed by atoms with Crippen molar-refractivity contribution >= 4 is 7.82 Å². The number of likely N-dealkylation sites (N-methyl/N-ethyl adjacent to an activating group) is 1. The number of ether oxygens (including phenoxy) is 1. The Hall–Kier alpha value is -0.0100. The molecule has 0 spiro atoms. The minimum Gasteiger partial charge on any atom is -0.756 e. The summed E-state index contributed by atoms with van der Waals surface area (Å²) in [5.41, 5.74) is 0. The molecule has 0 aromatic carbocycles. The second-order valence-corrected chi connectivity index (χ2v) is 14.1. The average Bonchev–Trinajstić information content (AvgIpc) is 2.90. The van der Waals surface area contributed by atoms with E-state index in [9.17, 15) is 14.6 Å². The van der Waals surface area contributed by atoms with E-state index in [0.29, 0.717) is 17.6 Å². The van der Waals surface area contributed by atoms with Crippen molar-refractivity contribution in [1.82, 2.24) is 0 Å². The van der Waals surface area contributed by atoms with E-state index in [-0.39, 0.29) is 19.8 Å². The van der Waals surface area contributed by atoms with Crippen molar-refractivity contribution in [3.63, 3.8) is 0 Å². The normalized spacial score (nSPS) is 14.4. The fraction of sp³-hybridized carbons (Fsp3) is 1.00. The summed E-state index contributed by atoms with van der Waals surface area (Å²) < 4.78 is 27.8. The molecule has 0 saturated carbocycles. The van der Waals surface area contributed by atoms with Gasteiger partial charge in [-0.25, -0.2) is 0 Å². The molecule has 0 aliphatic heterocycles. The van der Waals surface area contributed by atoms with Gasteiger partial charge in [-0.05, 0) is 6.42 Å². The summed E-state index contributed by atoms with van der Waals surface area (Å²) in [7, 11) is 1.49. The van der Waals surface area contributed by atoms with Gasteiger partial charge in [-0.1, -0.05) is 142 Å². The number of aliphatic hydroxyl groups is 1. The number of hydrogen-bond donors (Lipinski definition) is 1. The van der Waals surface area contributed by atoms with Gasteiger partial charge in [0.25, 0.3) is 7.82 Å². The van der Waals surface area contributed by atoms with Crippen molar-refractivity contribution < 1.29 is 32.8 Å². The summed E-state index contributed by atoms with van der Waals surface area (Å²) in [5, 5.41) is 9.44. The molecule has 0 aliphatic rings. The van der Waals surface area contributed by atoms with E-state index >= 15 is 0 Å². The van der Waals surface area contributed by atoms with E-state index in [2.05, 4.69) is 6.92 Å². The molecule has 8 heteroatoms. The lowest BCUT2D eigenvalue weighted by molar-refractivity contribution is -0.870. The topological polar surface area (TPSA) is 88.0 Å². The summed E-state index contributed by atoms with van der Waals surface area (Å²) in [5.74, 6) is 0. The highest BCUT2D eigenvalue weighted by Crippen LogP contribution is 2.38. The molecule has 0 aromatic rings. The predicted molar refractivity (Wildman–Crippen MR) is 166 cm³/mol. The lowest BCUT2D eigenvalue weighted by atomic mass is 10.0. The van der Waals surface area contributed by atoms with Crippen LogP contribution in [0.1, 0.15) is 148 Å². The molecular formula is C32H68NO6P. The van der Waals surface area contributed by atoms with Gasteiger partial charge in [-0.2, -0.15) is 0 Å². The molecule has 0 radical (unpaired) electrons. The Bertz CT molecular complexity index is 572. The highest BCUT2D eigenvalue weighted by molar-refractivity contribution is 7.45. The van der Waals surface area contributed by atoms with Crippen LogP contribution in [0.2, 0.25) is 0 Å². The van der Waals surface area contributed by atoms with Gasteiger partial charge in [-0.3, -0.25) is 4.57 Å². The SMILES string of the molecule is CCCCCCCCCCCCCCCCCCCCCCCCO[C@H](CO)COP(=O)([O-])OCC[N+](C)(C)C. The number of aliphatic hydroxyl groups excluding tert-OH is 1. The van der Waals surface area contributed by atoms with Crippen molar-refractivity contribution in [1.29, 1.82) is 0 Å². The molecular weight excluding hydrogens is 525 g/mol. The Morgan fingerprint density at radius 2 is 1.00 bits per heavy atom. The maximum absolute atomic E-state index is 11.9. The van der Waals surface area contributed by atoms with Crippen LogP contribution in [0, 0.1) is 0 Å². The van der Waals surface area contributed by atoms with E-state index in [1.54, 1.807) is 0 Å². The molecule has 0 bridgehead atoms. The molecule has 0 heterocycles. The first-order valence-electron chi connectivity index (χ1n) is 16.8. The number of quaternary nitrogens is 1. The zero-order valence-electron chi connectivity index (χ0n) is 27.1. The molecule has 0 aliphatic carbocycles. The number of rotatable bonds is 32.